The van der Waals surface area contributed by atoms with E-state index in [1.807, 2.05) is 18.2 Å². The summed E-state index contributed by atoms with van der Waals surface area (Å²) in [7, 11) is 1.57. The number of unbranched alkanes of at least 4 members (excludes halogenated alkanes) is 1. The van der Waals surface area contributed by atoms with Gasteiger partial charge in [0.15, 0.2) is 11.5 Å². The van der Waals surface area contributed by atoms with Crippen molar-refractivity contribution >= 4 is 0 Å². The van der Waals surface area contributed by atoms with Gasteiger partial charge in [-0.2, -0.15) is 5.26 Å². The van der Waals surface area contributed by atoms with Gasteiger partial charge in [0, 0.05) is 5.56 Å². The monoisotopic (exact) mass is 434 g/mol. The molecule has 1 aromatic heterocycles. The SMILES string of the molecule is CCCCOc1ccc(C2C(C#N)=C(N)Oc3n[nH]c(-c4ccc(F)cc4)c32)cc1OC. The van der Waals surface area contributed by atoms with E-state index >= 15 is 0 Å². The fraction of sp³-hybridized carbons (Fsp3) is 0.250. The van der Waals surface area contributed by atoms with Crippen molar-refractivity contribution in [1.29, 1.82) is 5.26 Å². The minimum Gasteiger partial charge on any atom is -0.493 e. The summed E-state index contributed by atoms with van der Waals surface area (Å²) in [5.74, 6) is 0.534. The van der Waals surface area contributed by atoms with E-state index in [-0.39, 0.29) is 23.2 Å². The van der Waals surface area contributed by atoms with Crippen LogP contribution in [0.3, 0.4) is 0 Å². The molecule has 7 nitrogen and oxygen atoms in total. The Labute approximate surface area is 185 Å². The third-order valence-electron chi connectivity index (χ3n) is 5.35. The Kier molecular flexibility index (Phi) is 5.99. The van der Waals surface area contributed by atoms with Crippen molar-refractivity contribution in [3.05, 3.63) is 70.9 Å². The molecule has 1 aliphatic heterocycles. The number of nitrogens with zero attached hydrogens (tertiary/aromatic N) is 2. The average Bonchev–Trinajstić information content (AvgIpc) is 3.22. The lowest BCUT2D eigenvalue weighted by Gasteiger charge is -2.25. The number of nitriles is 1. The Hall–Kier alpha value is -3.99. The first-order chi connectivity index (χ1) is 15.6. The number of nitrogens with two attached hydrogens (primary N) is 1. The zero-order valence-corrected chi connectivity index (χ0v) is 17.8. The first kappa shape index (κ1) is 21.2. The quantitative estimate of drug-likeness (QED) is 0.526. The van der Waals surface area contributed by atoms with Crippen molar-refractivity contribution in [1.82, 2.24) is 10.2 Å². The highest BCUT2D eigenvalue weighted by atomic mass is 19.1. The molecule has 32 heavy (non-hydrogen) atoms. The zero-order valence-electron chi connectivity index (χ0n) is 17.8. The lowest BCUT2D eigenvalue weighted by molar-refractivity contribution is 0.288. The molecule has 0 amide bonds. The van der Waals surface area contributed by atoms with Crippen molar-refractivity contribution in [2.24, 2.45) is 5.73 Å². The normalized spacial score (nSPS) is 15.0. The number of methoxy groups -OCH3 is 1. The second kappa shape index (κ2) is 9.02. The molecular formula is C24H23FN4O3. The van der Waals surface area contributed by atoms with Crippen LogP contribution in [-0.4, -0.2) is 23.9 Å². The number of hydrogen-bond acceptors (Lipinski definition) is 6. The molecule has 1 atom stereocenters. The van der Waals surface area contributed by atoms with Crippen LogP contribution in [0.5, 0.6) is 17.4 Å². The number of nitrogens with one attached hydrogen (secondary N) is 1. The predicted octanol–water partition coefficient (Wildman–Crippen LogP) is 4.62. The molecule has 0 saturated heterocycles. The molecule has 0 saturated carbocycles. The molecule has 0 spiro atoms. The third-order valence-corrected chi connectivity index (χ3v) is 5.35. The second-order valence-electron chi connectivity index (χ2n) is 7.36. The first-order valence-corrected chi connectivity index (χ1v) is 10.3. The van der Waals surface area contributed by atoms with Crippen LogP contribution >= 0.6 is 0 Å². The van der Waals surface area contributed by atoms with E-state index in [4.69, 9.17) is 19.9 Å². The summed E-state index contributed by atoms with van der Waals surface area (Å²) in [5.41, 5.74) is 9.04. The maximum Gasteiger partial charge on any atom is 0.244 e. The third kappa shape index (κ3) is 3.85. The van der Waals surface area contributed by atoms with Crippen molar-refractivity contribution in [3.8, 4) is 34.7 Å². The van der Waals surface area contributed by atoms with E-state index in [0.717, 1.165) is 18.4 Å². The molecule has 8 heteroatoms. The number of allylic oxidation sites excluding steroid dienone is 1. The number of rotatable bonds is 7. The minimum atomic E-state index is -0.554. The molecule has 4 rings (SSSR count). The maximum atomic E-state index is 13.5. The highest BCUT2D eigenvalue weighted by Gasteiger charge is 2.36. The fourth-order valence-corrected chi connectivity index (χ4v) is 3.72. The second-order valence-corrected chi connectivity index (χ2v) is 7.36. The molecule has 0 radical (unpaired) electrons. The van der Waals surface area contributed by atoms with E-state index < -0.39 is 5.92 Å². The summed E-state index contributed by atoms with van der Waals surface area (Å²) >= 11 is 0. The van der Waals surface area contributed by atoms with Crippen LogP contribution in [0.25, 0.3) is 11.3 Å². The molecule has 0 aliphatic carbocycles. The van der Waals surface area contributed by atoms with Crippen LogP contribution in [0.4, 0.5) is 4.39 Å². The molecule has 1 unspecified atom stereocenters. The van der Waals surface area contributed by atoms with Crippen LogP contribution in [0.1, 0.15) is 36.8 Å². The molecular weight excluding hydrogens is 411 g/mol. The largest absolute Gasteiger partial charge is 0.493 e. The van der Waals surface area contributed by atoms with E-state index in [9.17, 15) is 9.65 Å². The molecule has 2 heterocycles. The molecule has 3 N–H and O–H groups in total. The molecule has 164 valence electrons. The van der Waals surface area contributed by atoms with Crippen molar-refractivity contribution in [2.45, 2.75) is 25.7 Å². The van der Waals surface area contributed by atoms with Crippen LogP contribution < -0.4 is 19.9 Å². The van der Waals surface area contributed by atoms with Crippen LogP contribution in [0.15, 0.2) is 53.9 Å². The van der Waals surface area contributed by atoms with Crippen LogP contribution in [0, 0.1) is 17.1 Å². The van der Waals surface area contributed by atoms with Gasteiger partial charge in [0.1, 0.15) is 17.5 Å². The Bertz CT molecular complexity index is 1190. The highest BCUT2D eigenvalue weighted by molar-refractivity contribution is 5.71. The zero-order chi connectivity index (χ0) is 22.7. The van der Waals surface area contributed by atoms with Gasteiger partial charge in [-0.3, -0.25) is 5.10 Å². The van der Waals surface area contributed by atoms with Gasteiger partial charge in [-0.25, -0.2) is 4.39 Å². The fourth-order valence-electron chi connectivity index (χ4n) is 3.72. The average molecular weight is 434 g/mol. The van der Waals surface area contributed by atoms with E-state index in [0.29, 0.717) is 34.9 Å². The van der Waals surface area contributed by atoms with Crippen molar-refractivity contribution in [3.63, 3.8) is 0 Å². The van der Waals surface area contributed by atoms with Gasteiger partial charge in [0.05, 0.1) is 30.9 Å². The number of benzene rings is 2. The molecule has 0 bridgehead atoms. The lowest BCUT2D eigenvalue weighted by atomic mass is 9.83. The van der Waals surface area contributed by atoms with Gasteiger partial charge in [0.2, 0.25) is 11.8 Å². The summed E-state index contributed by atoms with van der Waals surface area (Å²) in [6.07, 6.45) is 1.95. The van der Waals surface area contributed by atoms with Gasteiger partial charge in [-0.05, 0) is 48.4 Å². The Morgan fingerprint density at radius 3 is 2.69 bits per heavy atom. The van der Waals surface area contributed by atoms with Crippen molar-refractivity contribution in [2.75, 3.05) is 13.7 Å². The predicted molar refractivity (Wildman–Crippen MR) is 117 cm³/mol. The Morgan fingerprint density at radius 1 is 1.22 bits per heavy atom. The molecule has 0 fully saturated rings. The Balaban J connectivity index is 1.82. The maximum absolute atomic E-state index is 13.5. The van der Waals surface area contributed by atoms with Crippen LogP contribution in [0.2, 0.25) is 0 Å². The van der Waals surface area contributed by atoms with E-state index in [1.165, 1.54) is 12.1 Å². The highest BCUT2D eigenvalue weighted by Crippen LogP contribution is 2.47. The summed E-state index contributed by atoms with van der Waals surface area (Å²) in [6.45, 7) is 2.68. The Morgan fingerprint density at radius 2 is 2.00 bits per heavy atom. The number of H-pyrrole nitrogens is 1. The van der Waals surface area contributed by atoms with E-state index in [2.05, 4.69) is 23.2 Å². The smallest absolute Gasteiger partial charge is 0.244 e. The summed E-state index contributed by atoms with van der Waals surface area (Å²) < 4.78 is 30.5. The van der Waals surface area contributed by atoms with Gasteiger partial charge >= 0.3 is 0 Å². The van der Waals surface area contributed by atoms with Gasteiger partial charge < -0.3 is 19.9 Å². The van der Waals surface area contributed by atoms with Gasteiger partial charge in [-0.1, -0.05) is 19.4 Å². The molecule has 2 aromatic carbocycles. The number of ether oxygens (including phenoxy) is 3. The summed E-state index contributed by atoms with van der Waals surface area (Å²) in [4.78, 5) is 0. The standard InChI is InChI=1S/C24H23FN4O3/c1-3-4-11-31-18-10-7-15(12-19(18)30-2)20-17(13-26)23(27)32-24-21(20)22(28-29-24)14-5-8-16(25)9-6-14/h5-10,12,20H,3-4,11,27H2,1-2H3,(H,28,29). The number of aromatic nitrogens is 2. The number of aromatic amines is 1. The number of halogens is 1. The molecule has 3 aromatic rings. The number of hydrogen-bond donors (Lipinski definition) is 2. The first-order valence-electron chi connectivity index (χ1n) is 10.3. The van der Waals surface area contributed by atoms with E-state index in [1.54, 1.807) is 19.2 Å². The van der Waals surface area contributed by atoms with Crippen molar-refractivity contribution < 1.29 is 18.6 Å². The summed E-state index contributed by atoms with van der Waals surface area (Å²) in [6, 6.07) is 13.7. The van der Waals surface area contributed by atoms with Gasteiger partial charge in [0.25, 0.3) is 0 Å². The lowest BCUT2D eigenvalue weighted by Crippen LogP contribution is -2.21. The summed E-state index contributed by atoms with van der Waals surface area (Å²) in [5, 5.41) is 17.1. The van der Waals surface area contributed by atoms with Gasteiger partial charge in [-0.15, -0.1) is 5.10 Å². The number of fused-ring (bicyclic) bond motifs is 1. The molecule has 1 aliphatic rings. The minimum absolute atomic E-state index is 0.00982. The topological polar surface area (TPSA) is 106 Å². The van der Waals surface area contributed by atoms with Crippen LogP contribution in [-0.2, 0) is 0 Å².